The maximum absolute atomic E-state index is 5.51. The van der Waals surface area contributed by atoms with Gasteiger partial charge < -0.3 is 0 Å². The van der Waals surface area contributed by atoms with Crippen molar-refractivity contribution in [3.63, 3.8) is 0 Å². The molecule has 2 aromatic carbocycles. The highest BCUT2D eigenvalue weighted by atomic mass is 14.8. The molecule has 0 heterocycles. The monoisotopic (exact) mass is 735 g/mol. The third-order valence-electron chi connectivity index (χ3n) is 10.5. The van der Waals surface area contributed by atoms with E-state index < -0.39 is 0 Å². The summed E-state index contributed by atoms with van der Waals surface area (Å²) in [6.07, 6.45) is 40.2. The Balaban J connectivity index is 2.43. The van der Waals surface area contributed by atoms with Crippen LogP contribution in [0.4, 0.5) is 11.4 Å². The number of nitrogens with zero attached hydrogens (tertiary/aromatic N) is 2. The second-order valence-corrected chi connectivity index (χ2v) is 15.7. The molecule has 0 unspecified atom stereocenters. The van der Waals surface area contributed by atoms with Crippen LogP contribution in [0.3, 0.4) is 0 Å². The van der Waals surface area contributed by atoms with Gasteiger partial charge in [0.2, 0.25) is 0 Å². The summed E-state index contributed by atoms with van der Waals surface area (Å²) in [5.74, 6) is 6.95. The summed E-state index contributed by atoms with van der Waals surface area (Å²) in [5, 5.41) is 0. The summed E-state index contributed by atoms with van der Waals surface area (Å²) in [6.45, 7) is 11.5. The zero-order valence-electron chi connectivity index (χ0n) is 36.1. The van der Waals surface area contributed by atoms with E-state index in [0.29, 0.717) is 0 Å². The number of aryl methyl sites for hydroxylation is 3. The van der Waals surface area contributed by atoms with E-state index in [1.54, 1.807) is 0 Å². The highest BCUT2D eigenvalue weighted by Crippen LogP contribution is 2.25. The van der Waals surface area contributed by atoms with Gasteiger partial charge in [0.1, 0.15) is 0 Å². The van der Waals surface area contributed by atoms with Crippen molar-refractivity contribution < 1.29 is 0 Å². The zero-order chi connectivity index (χ0) is 38.7. The molecule has 2 nitrogen and oxygen atoms in total. The third kappa shape index (κ3) is 23.1. The van der Waals surface area contributed by atoms with Gasteiger partial charge in [0.05, 0.1) is 22.8 Å². The van der Waals surface area contributed by atoms with Crippen molar-refractivity contribution in [2.75, 3.05) is 0 Å². The van der Waals surface area contributed by atoms with E-state index in [2.05, 4.69) is 101 Å². The standard InChI is InChI=1S/C52H82N2/c1-6-11-16-18-20-22-24-25-27-32-38-48-39-34-35-40-50(48)54-52(41-31-15-10-5)51(42-33-28-26-23-21-19-17-12-7-2)53-49-44-46(36-29-13-8-3)43-47(45-49)37-30-14-9-4/h33-35,39-40,42-45H,6-24,26,28-32,36-38,41H2,1-5H3. The molecule has 0 aliphatic rings. The Labute approximate surface area is 335 Å². The molecule has 0 spiro atoms. The molecular weight excluding hydrogens is 653 g/mol. The number of benzene rings is 2. The van der Waals surface area contributed by atoms with Crippen LogP contribution in [0, 0.1) is 11.8 Å². The molecular formula is C52H82N2. The fourth-order valence-electron chi connectivity index (χ4n) is 7.13. The molecule has 0 aliphatic carbocycles. The maximum atomic E-state index is 5.51. The molecule has 0 atom stereocenters. The van der Waals surface area contributed by atoms with Crippen LogP contribution in [0.2, 0.25) is 0 Å². The highest BCUT2D eigenvalue weighted by molar-refractivity contribution is 6.47. The summed E-state index contributed by atoms with van der Waals surface area (Å²) in [6, 6.07) is 16.0. The van der Waals surface area contributed by atoms with Gasteiger partial charge in [0, 0.05) is 12.8 Å². The lowest BCUT2D eigenvalue weighted by atomic mass is 9.99. The fourth-order valence-corrected chi connectivity index (χ4v) is 7.13. The normalized spacial score (nSPS) is 12.1. The quantitative estimate of drug-likeness (QED) is 0.0406. The largest absolute Gasteiger partial charge is 0.251 e. The summed E-state index contributed by atoms with van der Waals surface area (Å²) in [5.41, 5.74) is 8.54. The van der Waals surface area contributed by atoms with Crippen molar-refractivity contribution in [2.45, 2.75) is 221 Å². The van der Waals surface area contributed by atoms with Gasteiger partial charge in [-0.15, -0.1) is 11.8 Å². The number of aliphatic imine (C=N–C) groups is 2. The summed E-state index contributed by atoms with van der Waals surface area (Å²) in [7, 11) is 0. The van der Waals surface area contributed by atoms with Gasteiger partial charge in [-0.3, -0.25) is 4.99 Å². The molecule has 0 aliphatic heterocycles. The Hall–Kier alpha value is -2.92. The summed E-state index contributed by atoms with van der Waals surface area (Å²) < 4.78 is 0. The van der Waals surface area contributed by atoms with Crippen LogP contribution in [0.15, 0.2) is 64.6 Å². The Morgan fingerprint density at radius 3 is 1.70 bits per heavy atom. The minimum Gasteiger partial charge on any atom is -0.251 e. The SMILES string of the molecule is CCCCCCCCC#CCCc1ccccc1N=C(CCCCC)C(C=CCCCCCCCCC)=Nc1cc(CCCCC)cc(CCCCC)c1. The first kappa shape index (κ1) is 47.2. The summed E-state index contributed by atoms with van der Waals surface area (Å²) >= 11 is 0. The van der Waals surface area contributed by atoms with Crippen LogP contribution >= 0.6 is 0 Å². The van der Waals surface area contributed by atoms with Crippen LogP contribution in [0.5, 0.6) is 0 Å². The van der Waals surface area contributed by atoms with E-state index in [-0.39, 0.29) is 0 Å². The molecule has 0 aromatic heterocycles. The molecule has 0 bridgehead atoms. The first-order valence-electron chi connectivity index (χ1n) is 23.1. The molecule has 0 saturated carbocycles. The van der Waals surface area contributed by atoms with Crippen LogP contribution in [0.1, 0.15) is 218 Å². The van der Waals surface area contributed by atoms with Gasteiger partial charge in [-0.1, -0.05) is 174 Å². The topological polar surface area (TPSA) is 24.7 Å². The predicted molar refractivity (Wildman–Crippen MR) is 244 cm³/mol. The van der Waals surface area contributed by atoms with Crippen LogP contribution in [0.25, 0.3) is 0 Å². The number of para-hydroxylation sites is 1. The first-order valence-corrected chi connectivity index (χ1v) is 23.1. The maximum Gasteiger partial charge on any atom is 0.0848 e. The molecule has 2 aromatic rings. The lowest BCUT2D eigenvalue weighted by Gasteiger charge is -2.12. The van der Waals surface area contributed by atoms with E-state index >= 15 is 0 Å². The van der Waals surface area contributed by atoms with Crippen molar-refractivity contribution in [2.24, 2.45) is 9.98 Å². The van der Waals surface area contributed by atoms with Crippen LogP contribution < -0.4 is 0 Å². The molecule has 54 heavy (non-hydrogen) atoms. The molecule has 0 fully saturated rings. The van der Waals surface area contributed by atoms with E-state index in [9.17, 15) is 0 Å². The van der Waals surface area contributed by atoms with Crippen molar-refractivity contribution in [1.29, 1.82) is 0 Å². The Morgan fingerprint density at radius 1 is 0.519 bits per heavy atom. The minimum atomic E-state index is 0.887. The van der Waals surface area contributed by atoms with Gasteiger partial charge in [0.15, 0.2) is 0 Å². The number of hydrogen-bond donors (Lipinski definition) is 0. The highest BCUT2D eigenvalue weighted by Gasteiger charge is 2.11. The van der Waals surface area contributed by atoms with Crippen molar-refractivity contribution in [3.8, 4) is 11.8 Å². The molecule has 300 valence electrons. The van der Waals surface area contributed by atoms with E-state index in [0.717, 1.165) is 74.2 Å². The Bertz CT molecular complexity index is 1340. The fraction of sp³-hybridized carbons (Fsp3) is 0.654. The minimum absolute atomic E-state index is 0.887. The average molecular weight is 735 g/mol. The van der Waals surface area contributed by atoms with Gasteiger partial charge in [-0.2, -0.15) is 0 Å². The van der Waals surface area contributed by atoms with Gasteiger partial charge in [-0.05, 0) is 105 Å². The molecule has 0 saturated heterocycles. The average Bonchev–Trinajstić information content (AvgIpc) is 3.18. The van der Waals surface area contributed by atoms with Crippen LogP contribution in [-0.2, 0) is 19.3 Å². The number of unbranched alkanes of at least 4 members (excludes halogenated alkanes) is 19. The number of rotatable bonds is 32. The lowest BCUT2D eigenvalue weighted by molar-refractivity contribution is 0.592. The smallest absolute Gasteiger partial charge is 0.0848 e. The third-order valence-corrected chi connectivity index (χ3v) is 10.5. The molecule has 2 rings (SSSR count). The Kier molecular flexibility index (Phi) is 29.2. The van der Waals surface area contributed by atoms with Crippen molar-refractivity contribution in [3.05, 3.63) is 71.3 Å². The van der Waals surface area contributed by atoms with Crippen molar-refractivity contribution >= 4 is 22.8 Å². The summed E-state index contributed by atoms with van der Waals surface area (Å²) in [4.78, 5) is 11.0. The van der Waals surface area contributed by atoms with E-state index in [1.807, 2.05) is 0 Å². The second-order valence-electron chi connectivity index (χ2n) is 15.7. The lowest BCUT2D eigenvalue weighted by Crippen LogP contribution is -2.12. The van der Waals surface area contributed by atoms with Crippen molar-refractivity contribution in [1.82, 2.24) is 0 Å². The molecule has 0 radical (unpaired) electrons. The van der Waals surface area contributed by atoms with Gasteiger partial charge in [0.25, 0.3) is 0 Å². The van der Waals surface area contributed by atoms with Gasteiger partial charge >= 0.3 is 0 Å². The van der Waals surface area contributed by atoms with E-state index in [1.165, 1.54) is 152 Å². The molecule has 0 amide bonds. The zero-order valence-corrected chi connectivity index (χ0v) is 36.1. The first-order chi connectivity index (χ1) is 26.6. The number of allylic oxidation sites excluding steroid dienone is 2. The Morgan fingerprint density at radius 2 is 1.06 bits per heavy atom. The van der Waals surface area contributed by atoms with Crippen LogP contribution in [-0.4, -0.2) is 11.4 Å². The predicted octanol–water partition coefficient (Wildman–Crippen LogP) is 17.0. The molecule has 0 N–H and O–H groups in total. The van der Waals surface area contributed by atoms with E-state index in [4.69, 9.17) is 9.98 Å². The second kappa shape index (κ2) is 33.4. The number of hydrogen-bond acceptors (Lipinski definition) is 2. The molecule has 2 heteroatoms. The van der Waals surface area contributed by atoms with Gasteiger partial charge in [-0.25, -0.2) is 4.99 Å².